The summed E-state index contributed by atoms with van der Waals surface area (Å²) in [6.07, 6.45) is 0. The van der Waals surface area contributed by atoms with Gasteiger partial charge in [0.05, 0.1) is 0 Å². The van der Waals surface area contributed by atoms with E-state index < -0.39 is 0 Å². The number of anilines is 1. The maximum atomic E-state index is 5.92. The second-order valence-electron chi connectivity index (χ2n) is 3.40. The van der Waals surface area contributed by atoms with Crippen LogP contribution < -0.4 is 11.2 Å². The van der Waals surface area contributed by atoms with Gasteiger partial charge >= 0.3 is 0 Å². The lowest BCUT2D eigenvalue weighted by Crippen LogP contribution is -2.06. The van der Waals surface area contributed by atoms with Gasteiger partial charge in [-0.05, 0) is 11.6 Å². The summed E-state index contributed by atoms with van der Waals surface area (Å²) in [7, 11) is 2.10. The van der Waals surface area contributed by atoms with Crippen molar-refractivity contribution in [3.05, 3.63) is 48.5 Å². The number of rotatable bonds is 1. The van der Waals surface area contributed by atoms with Gasteiger partial charge in [0.15, 0.2) is 0 Å². The minimum Gasteiger partial charge on any atom is -0.398 e. The molecule has 2 aromatic rings. The monoisotopic (exact) mass is 181 g/mol. The van der Waals surface area contributed by atoms with E-state index in [0.717, 1.165) is 11.3 Å². The fraction of sp³-hybridized carbons (Fsp3) is 0. The first-order chi connectivity index (χ1) is 6.79. The van der Waals surface area contributed by atoms with E-state index >= 15 is 0 Å². The van der Waals surface area contributed by atoms with Crippen molar-refractivity contribution in [2.45, 2.75) is 0 Å². The summed E-state index contributed by atoms with van der Waals surface area (Å²) < 4.78 is 0. The molecule has 2 heteroatoms. The molecule has 2 N–H and O–H groups in total. The largest absolute Gasteiger partial charge is 0.398 e. The molecule has 1 nitrogen and oxygen atoms in total. The van der Waals surface area contributed by atoms with Gasteiger partial charge in [0.1, 0.15) is 7.85 Å². The maximum Gasteiger partial charge on any atom is 0.140 e. The summed E-state index contributed by atoms with van der Waals surface area (Å²) in [5, 5.41) is 0. The van der Waals surface area contributed by atoms with Gasteiger partial charge in [-0.2, -0.15) is 0 Å². The standard InChI is InChI=1S/C12H12BN/c13-11-7-3-1-5-9(11)10-6-2-4-8-12(10)14/h1-8H,13-14H2. The van der Waals surface area contributed by atoms with E-state index in [4.69, 9.17) is 5.73 Å². The van der Waals surface area contributed by atoms with E-state index in [1.54, 1.807) is 0 Å². The van der Waals surface area contributed by atoms with Gasteiger partial charge in [-0.15, -0.1) is 0 Å². The molecule has 0 heterocycles. The average Bonchev–Trinajstić information content (AvgIpc) is 2.20. The molecule has 0 saturated carbocycles. The van der Waals surface area contributed by atoms with Crippen molar-refractivity contribution >= 4 is 19.0 Å². The van der Waals surface area contributed by atoms with Crippen LogP contribution in [0.4, 0.5) is 5.69 Å². The van der Waals surface area contributed by atoms with Gasteiger partial charge in [-0.1, -0.05) is 47.9 Å². The van der Waals surface area contributed by atoms with Crippen LogP contribution in [0.25, 0.3) is 11.1 Å². The van der Waals surface area contributed by atoms with Crippen LogP contribution in [0.15, 0.2) is 48.5 Å². The van der Waals surface area contributed by atoms with Crippen molar-refractivity contribution < 1.29 is 0 Å². The van der Waals surface area contributed by atoms with Crippen molar-refractivity contribution in [2.75, 3.05) is 5.73 Å². The molecular formula is C12H12BN. The summed E-state index contributed by atoms with van der Waals surface area (Å²) in [4.78, 5) is 0. The molecule has 2 rings (SSSR count). The molecule has 0 aliphatic rings. The molecule has 0 aliphatic carbocycles. The lowest BCUT2D eigenvalue weighted by molar-refractivity contribution is 1.63. The van der Waals surface area contributed by atoms with E-state index in [1.807, 2.05) is 30.3 Å². The molecule has 0 atom stereocenters. The van der Waals surface area contributed by atoms with Crippen molar-refractivity contribution in [1.29, 1.82) is 0 Å². The summed E-state index contributed by atoms with van der Waals surface area (Å²) in [6, 6.07) is 16.2. The molecule has 14 heavy (non-hydrogen) atoms. The van der Waals surface area contributed by atoms with E-state index in [0.29, 0.717) is 0 Å². The first-order valence-electron chi connectivity index (χ1n) is 4.69. The first kappa shape index (κ1) is 8.88. The van der Waals surface area contributed by atoms with Gasteiger partial charge < -0.3 is 5.73 Å². The van der Waals surface area contributed by atoms with Crippen LogP contribution in [-0.2, 0) is 0 Å². The molecule has 0 spiro atoms. The normalized spacial score (nSPS) is 10.0. The highest BCUT2D eigenvalue weighted by Crippen LogP contribution is 2.22. The molecule has 0 aliphatic heterocycles. The van der Waals surface area contributed by atoms with Gasteiger partial charge in [0, 0.05) is 11.3 Å². The minimum absolute atomic E-state index is 0.835. The average molecular weight is 181 g/mol. The highest BCUT2D eigenvalue weighted by molar-refractivity contribution is 6.36. The van der Waals surface area contributed by atoms with Crippen LogP contribution in [0.3, 0.4) is 0 Å². The van der Waals surface area contributed by atoms with Crippen LogP contribution in [-0.4, -0.2) is 7.85 Å². The Morgan fingerprint density at radius 3 is 2.00 bits per heavy atom. The predicted octanol–water partition coefficient (Wildman–Crippen LogP) is 1.19. The number of hydrogen-bond donors (Lipinski definition) is 1. The van der Waals surface area contributed by atoms with Crippen LogP contribution in [0.1, 0.15) is 0 Å². The molecule has 0 radical (unpaired) electrons. The molecule has 68 valence electrons. The van der Waals surface area contributed by atoms with Crippen LogP contribution in [0.5, 0.6) is 0 Å². The minimum atomic E-state index is 0.835. The number of para-hydroxylation sites is 1. The lowest BCUT2D eigenvalue weighted by atomic mass is 9.87. The smallest absolute Gasteiger partial charge is 0.140 e. The highest BCUT2D eigenvalue weighted by atomic mass is 14.6. The highest BCUT2D eigenvalue weighted by Gasteiger charge is 2.02. The van der Waals surface area contributed by atoms with Gasteiger partial charge in [0.2, 0.25) is 0 Å². The molecular weight excluding hydrogens is 169 g/mol. The molecule has 0 bridgehead atoms. The van der Waals surface area contributed by atoms with Crippen LogP contribution in [0.2, 0.25) is 0 Å². The Hall–Kier alpha value is -1.70. The van der Waals surface area contributed by atoms with Crippen molar-refractivity contribution in [3.8, 4) is 11.1 Å². The number of nitrogens with two attached hydrogens (primary N) is 1. The zero-order valence-corrected chi connectivity index (χ0v) is 8.20. The van der Waals surface area contributed by atoms with Crippen molar-refractivity contribution in [3.63, 3.8) is 0 Å². The van der Waals surface area contributed by atoms with Gasteiger partial charge in [-0.25, -0.2) is 0 Å². The molecule has 0 saturated heterocycles. The Morgan fingerprint density at radius 1 is 0.786 bits per heavy atom. The third-order valence-electron chi connectivity index (χ3n) is 2.40. The van der Waals surface area contributed by atoms with Crippen molar-refractivity contribution in [2.24, 2.45) is 0 Å². The summed E-state index contributed by atoms with van der Waals surface area (Å²) in [5.74, 6) is 0. The van der Waals surface area contributed by atoms with Crippen LogP contribution in [0, 0.1) is 0 Å². The fourth-order valence-electron chi connectivity index (χ4n) is 1.62. The Morgan fingerprint density at radius 2 is 1.36 bits per heavy atom. The number of hydrogen-bond acceptors (Lipinski definition) is 1. The first-order valence-corrected chi connectivity index (χ1v) is 4.69. The Labute approximate surface area is 85.0 Å². The quantitative estimate of drug-likeness (QED) is 0.519. The lowest BCUT2D eigenvalue weighted by Gasteiger charge is -2.08. The van der Waals surface area contributed by atoms with E-state index in [2.05, 4.69) is 26.0 Å². The summed E-state index contributed by atoms with van der Waals surface area (Å²) >= 11 is 0. The van der Waals surface area contributed by atoms with E-state index in [-0.39, 0.29) is 0 Å². The SMILES string of the molecule is Bc1ccccc1-c1ccccc1N. The maximum absolute atomic E-state index is 5.92. The third-order valence-corrected chi connectivity index (χ3v) is 2.40. The Balaban J connectivity index is 2.61. The zero-order chi connectivity index (χ0) is 9.97. The zero-order valence-electron chi connectivity index (χ0n) is 8.20. The predicted molar refractivity (Wildman–Crippen MR) is 64.5 cm³/mol. The summed E-state index contributed by atoms with van der Waals surface area (Å²) in [6.45, 7) is 0. The number of nitrogen functional groups attached to an aromatic ring is 1. The second-order valence-corrected chi connectivity index (χ2v) is 3.40. The molecule has 0 amide bonds. The topological polar surface area (TPSA) is 26.0 Å². The Bertz CT molecular complexity index is 408. The van der Waals surface area contributed by atoms with Gasteiger partial charge in [0.25, 0.3) is 0 Å². The molecule has 2 aromatic carbocycles. The Kier molecular flexibility index (Phi) is 2.27. The van der Waals surface area contributed by atoms with Gasteiger partial charge in [-0.3, -0.25) is 0 Å². The summed E-state index contributed by atoms with van der Waals surface area (Å²) in [5.41, 5.74) is 10.3. The molecule has 0 aromatic heterocycles. The molecule has 0 fully saturated rings. The van der Waals surface area contributed by atoms with Crippen LogP contribution >= 0.6 is 0 Å². The fourth-order valence-corrected chi connectivity index (χ4v) is 1.62. The van der Waals surface area contributed by atoms with E-state index in [1.165, 1.54) is 11.0 Å². The third kappa shape index (κ3) is 1.51. The van der Waals surface area contributed by atoms with Crippen molar-refractivity contribution in [1.82, 2.24) is 0 Å². The second kappa shape index (κ2) is 3.58. The van der Waals surface area contributed by atoms with E-state index in [9.17, 15) is 0 Å². The number of benzene rings is 2. The molecule has 0 unspecified atom stereocenters.